The van der Waals surface area contributed by atoms with Crippen LogP contribution in [0.3, 0.4) is 0 Å². The Kier molecular flexibility index (Phi) is 3.58. The average Bonchev–Trinajstić information content (AvgIpc) is 2.55. The maximum atomic E-state index is 12.0. The van der Waals surface area contributed by atoms with E-state index in [1.807, 2.05) is 6.07 Å². The van der Waals surface area contributed by atoms with Crippen LogP contribution in [0, 0.1) is 0 Å². The smallest absolute Gasteiger partial charge is 0.347 e. The number of ketones is 1. The summed E-state index contributed by atoms with van der Waals surface area (Å²) in [4.78, 5) is 23.9. The van der Waals surface area contributed by atoms with Crippen molar-refractivity contribution in [3.05, 3.63) is 82.2 Å². The summed E-state index contributed by atoms with van der Waals surface area (Å²) in [6, 6.07) is 15.3. The summed E-state index contributed by atoms with van der Waals surface area (Å²) in [5.74, 6) is -0.448. The molecule has 0 atom stereocenters. The first-order valence-corrected chi connectivity index (χ1v) is 6.69. The number of aromatic hydroxyl groups is 1. The third kappa shape index (κ3) is 2.54. The minimum absolute atomic E-state index is 0.0389. The molecule has 0 saturated carbocycles. The lowest BCUT2D eigenvalue weighted by molar-refractivity contribution is 0.104. The molecule has 0 spiro atoms. The van der Waals surface area contributed by atoms with E-state index in [0.717, 1.165) is 0 Å². The first-order chi connectivity index (χ1) is 10.7. The third-order valence-electron chi connectivity index (χ3n) is 3.28. The fraction of sp³-hybridized carbons (Fsp3) is 0. The number of allylic oxidation sites excluding steroid dienone is 1. The van der Waals surface area contributed by atoms with Crippen LogP contribution < -0.4 is 5.63 Å². The Balaban J connectivity index is 2.02. The molecular formula is C18H12O4. The van der Waals surface area contributed by atoms with E-state index in [4.69, 9.17) is 4.42 Å². The van der Waals surface area contributed by atoms with Crippen molar-refractivity contribution in [1.82, 2.24) is 0 Å². The second kappa shape index (κ2) is 5.69. The Morgan fingerprint density at radius 1 is 1.00 bits per heavy atom. The van der Waals surface area contributed by atoms with E-state index in [1.165, 1.54) is 12.2 Å². The molecule has 108 valence electrons. The first kappa shape index (κ1) is 13.8. The van der Waals surface area contributed by atoms with Gasteiger partial charge in [0, 0.05) is 5.56 Å². The Morgan fingerprint density at radius 2 is 1.68 bits per heavy atom. The van der Waals surface area contributed by atoms with E-state index in [9.17, 15) is 14.7 Å². The Bertz CT molecular complexity index is 921. The highest BCUT2D eigenvalue weighted by Crippen LogP contribution is 2.26. The van der Waals surface area contributed by atoms with Gasteiger partial charge in [0.25, 0.3) is 0 Å². The first-order valence-electron chi connectivity index (χ1n) is 6.69. The van der Waals surface area contributed by atoms with Gasteiger partial charge in [0.15, 0.2) is 5.78 Å². The zero-order valence-corrected chi connectivity index (χ0v) is 11.5. The van der Waals surface area contributed by atoms with Crippen molar-refractivity contribution in [2.75, 3.05) is 0 Å². The van der Waals surface area contributed by atoms with Crippen molar-refractivity contribution < 1.29 is 14.3 Å². The second-order valence-electron chi connectivity index (χ2n) is 4.71. The molecule has 0 fully saturated rings. The van der Waals surface area contributed by atoms with Gasteiger partial charge in [-0.2, -0.15) is 0 Å². The maximum Gasteiger partial charge on any atom is 0.347 e. The average molecular weight is 292 g/mol. The fourth-order valence-corrected chi connectivity index (χ4v) is 2.15. The quantitative estimate of drug-likeness (QED) is 0.456. The van der Waals surface area contributed by atoms with Crippen molar-refractivity contribution in [2.24, 2.45) is 0 Å². The van der Waals surface area contributed by atoms with Gasteiger partial charge in [-0.25, -0.2) is 4.79 Å². The van der Waals surface area contributed by atoms with Crippen LogP contribution in [-0.4, -0.2) is 10.9 Å². The van der Waals surface area contributed by atoms with Crippen molar-refractivity contribution in [1.29, 1.82) is 0 Å². The normalized spacial score (nSPS) is 11.1. The van der Waals surface area contributed by atoms with Crippen LogP contribution in [0.5, 0.6) is 5.75 Å². The van der Waals surface area contributed by atoms with Crippen LogP contribution in [-0.2, 0) is 0 Å². The predicted octanol–water partition coefficient (Wildman–Crippen LogP) is 3.39. The van der Waals surface area contributed by atoms with Gasteiger partial charge < -0.3 is 9.52 Å². The largest absolute Gasteiger partial charge is 0.506 e. The molecule has 1 aromatic heterocycles. The van der Waals surface area contributed by atoms with Crippen LogP contribution in [0.4, 0.5) is 0 Å². The third-order valence-corrected chi connectivity index (χ3v) is 3.28. The van der Waals surface area contributed by atoms with Crippen LogP contribution in [0.2, 0.25) is 0 Å². The van der Waals surface area contributed by atoms with E-state index in [2.05, 4.69) is 0 Å². The minimum atomic E-state index is -0.687. The van der Waals surface area contributed by atoms with Gasteiger partial charge in [-0.3, -0.25) is 4.79 Å². The number of hydrogen-bond acceptors (Lipinski definition) is 4. The summed E-state index contributed by atoms with van der Waals surface area (Å²) in [7, 11) is 0. The summed E-state index contributed by atoms with van der Waals surface area (Å²) in [5, 5.41) is 10.6. The van der Waals surface area contributed by atoms with Gasteiger partial charge >= 0.3 is 5.63 Å². The predicted molar refractivity (Wildman–Crippen MR) is 84.0 cm³/mol. The second-order valence-corrected chi connectivity index (χ2v) is 4.71. The molecule has 0 radical (unpaired) electrons. The molecular weight excluding hydrogens is 280 g/mol. The van der Waals surface area contributed by atoms with Crippen molar-refractivity contribution >= 4 is 22.8 Å². The van der Waals surface area contributed by atoms with Crippen molar-refractivity contribution in [3.63, 3.8) is 0 Å². The molecule has 0 unspecified atom stereocenters. The molecule has 0 aliphatic carbocycles. The molecule has 0 saturated heterocycles. The zero-order valence-electron chi connectivity index (χ0n) is 11.5. The molecule has 1 heterocycles. The standard InChI is InChI=1S/C18H12O4/c19-15(12-6-2-1-3-7-12)11-10-14-17(20)13-8-4-5-9-16(13)22-18(14)21/h1-11,20H/b11-10+. The zero-order chi connectivity index (χ0) is 15.5. The van der Waals surface area contributed by atoms with E-state index < -0.39 is 5.63 Å². The molecule has 1 N–H and O–H groups in total. The highest BCUT2D eigenvalue weighted by atomic mass is 16.4. The van der Waals surface area contributed by atoms with Crippen LogP contribution in [0.1, 0.15) is 15.9 Å². The van der Waals surface area contributed by atoms with Gasteiger partial charge in [-0.1, -0.05) is 42.5 Å². The summed E-state index contributed by atoms with van der Waals surface area (Å²) in [5.41, 5.74) is 0.0799. The number of benzene rings is 2. The Labute approximate surface area is 125 Å². The monoisotopic (exact) mass is 292 g/mol. The molecule has 0 amide bonds. The number of carbonyl (C=O) groups excluding carboxylic acids is 1. The van der Waals surface area contributed by atoms with Gasteiger partial charge in [-0.15, -0.1) is 0 Å². The number of rotatable bonds is 3. The molecule has 3 rings (SSSR count). The summed E-state index contributed by atoms with van der Waals surface area (Å²) in [6.45, 7) is 0. The van der Waals surface area contributed by atoms with Gasteiger partial charge in [-0.05, 0) is 24.3 Å². The van der Waals surface area contributed by atoms with Crippen molar-refractivity contribution in [2.45, 2.75) is 0 Å². The van der Waals surface area contributed by atoms with Gasteiger partial charge in [0.05, 0.1) is 5.39 Å². The van der Waals surface area contributed by atoms with Crippen molar-refractivity contribution in [3.8, 4) is 5.75 Å². The van der Waals surface area contributed by atoms with E-state index in [1.54, 1.807) is 48.5 Å². The Hall–Kier alpha value is -3.14. The highest BCUT2D eigenvalue weighted by molar-refractivity contribution is 6.07. The topological polar surface area (TPSA) is 67.5 Å². The van der Waals surface area contributed by atoms with Crippen LogP contribution in [0.25, 0.3) is 17.0 Å². The van der Waals surface area contributed by atoms with Crippen LogP contribution in [0.15, 0.2) is 69.9 Å². The number of hydrogen-bond donors (Lipinski definition) is 1. The van der Waals surface area contributed by atoms with E-state index >= 15 is 0 Å². The Morgan fingerprint density at radius 3 is 2.45 bits per heavy atom. The number of carbonyl (C=O) groups is 1. The SMILES string of the molecule is O=C(/C=C/c1c(O)c2ccccc2oc1=O)c1ccccc1. The van der Waals surface area contributed by atoms with E-state index in [0.29, 0.717) is 16.5 Å². The molecule has 4 nitrogen and oxygen atoms in total. The number of fused-ring (bicyclic) bond motifs is 1. The molecule has 22 heavy (non-hydrogen) atoms. The number of para-hydroxylation sites is 1. The van der Waals surface area contributed by atoms with Gasteiger partial charge in [0.2, 0.25) is 0 Å². The lowest BCUT2D eigenvalue weighted by atomic mass is 10.1. The molecule has 0 bridgehead atoms. The molecule has 2 aromatic carbocycles. The lowest BCUT2D eigenvalue weighted by Gasteiger charge is -2.02. The molecule has 0 aliphatic heterocycles. The fourth-order valence-electron chi connectivity index (χ4n) is 2.15. The minimum Gasteiger partial charge on any atom is -0.506 e. The van der Waals surface area contributed by atoms with E-state index in [-0.39, 0.29) is 17.1 Å². The summed E-state index contributed by atoms with van der Waals surface area (Å²) < 4.78 is 5.13. The van der Waals surface area contributed by atoms with Gasteiger partial charge in [0.1, 0.15) is 16.9 Å². The molecule has 3 aromatic rings. The highest BCUT2D eigenvalue weighted by Gasteiger charge is 2.11. The summed E-state index contributed by atoms with van der Waals surface area (Å²) >= 11 is 0. The molecule has 4 heteroatoms. The summed E-state index contributed by atoms with van der Waals surface area (Å²) in [6.07, 6.45) is 2.53. The maximum absolute atomic E-state index is 12.0. The lowest BCUT2D eigenvalue weighted by Crippen LogP contribution is -2.04. The van der Waals surface area contributed by atoms with Crippen LogP contribution >= 0.6 is 0 Å². The molecule has 0 aliphatic rings.